The number of benzene rings is 2. The fourth-order valence-corrected chi connectivity index (χ4v) is 3.09. The summed E-state index contributed by atoms with van der Waals surface area (Å²) < 4.78 is 0. The Balaban J connectivity index is 1.88. The Hall–Kier alpha value is -3.42. The van der Waals surface area contributed by atoms with Gasteiger partial charge in [-0.15, -0.1) is 0 Å². The number of aryl methyl sites for hydroxylation is 1. The quantitative estimate of drug-likeness (QED) is 0.642. The predicted octanol–water partition coefficient (Wildman–Crippen LogP) is 3.00. The summed E-state index contributed by atoms with van der Waals surface area (Å²) in [5.41, 5.74) is 1.86. The normalized spacial score (nSPS) is 17.0. The number of rotatable bonds is 3. The van der Waals surface area contributed by atoms with Gasteiger partial charge in [-0.3, -0.25) is 14.9 Å². The minimum absolute atomic E-state index is 0.0942. The summed E-state index contributed by atoms with van der Waals surface area (Å²) in [5.74, 6) is -0.120. The summed E-state index contributed by atoms with van der Waals surface area (Å²) in [6.07, 6.45) is 0.158. The Labute approximate surface area is 156 Å². The van der Waals surface area contributed by atoms with Crippen LogP contribution in [0.5, 0.6) is 0 Å². The van der Waals surface area contributed by atoms with Crippen LogP contribution in [0.1, 0.15) is 23.6 Å². The third kappa shape index (κ3) is 4.22. The lowest BCUT2D eigenvalue weighted by Gasteiger charge is -2.29. The van der Waals surface area contributed by atoms with Crippen LogP contribution in [0.15, 0.2) is 48.5 Å². The molecule has 0 radical (unpaired) electrons. The van der Waals surface area contributed by atoms with E-state index in [1.807, 2.05) is 30.3 Å². The summed E-state index contributed by atoms with van der Waals surface area (Å²) in [6.45, 7) is 2.45. The van der Waals surface area contributed by atoms with Crippen LogP contribution in [0.4, 0.5) is 16.2 Å². The summed E-state index contributed by atoms with van der Waals surface area (Å²) in [4.78, 5) is 37.1. The largest absolute Gasteiger partial charge is 0.354 e. The maximum atomic E-state index is 12.9. The summed E-state index contributed by atoms with van der Waals surface area (Å²) in [5, 5.41) is 16.5. The number of amides is 3. The van der Waals surface area contributed by atoms with Crippen molar-refractivity contribution >= 4 is 23.3 Å². The molecule has 1 aliphatic heterocycles. The molecule has 2 N–H and O–H groups in total. The van der Waals surface area contributed by atoms with Crippen molar-refractivity contribution in [3.05, 3.63) is 69.8 Å². The molecule has 3 amide bonds. The molecule has 8 nitrogen and oxygen atoms in total. The molecule has 0 aromatic heterocycles. The van der Waals surface area contributed by atoms with Crippen LogP contribution in [0.2, 0.25) is 0 Å². The zero-order valence-electron chi connectivity index (χ0n) is 14.8. The van der Waals surface area contributed by atoms with Gasteiger partial charge in [0, 0.05) is 25.2 Å². The third-order valence-corrected chi connectivity index (χ3v) is 4.55. The van der Waals surface area contributed by atoms with E-state index in [2.05, 4.69) is 10.6 Å². The molecule has 0 saturated carbocycles. The number of urea groups is 1. The topological polar surface area (TPSA) is 105 Å². The van der Waals surface area contributed by atoms with Crippen LogP contribution in [-0.4, -0.2) is 34.9 Å². The number of hydrogen-bond acceptors (Lipinski definition) is 4. The van der Waals surface area contributed by atoms with Gasteiger partial charge in [0.2, 0.25) is 5.91 Å². The van der Waals surface area contributed by atoms with Gasteiger partial charge in [0.15, 0.2) is 0 Å². The highest BCUT2D eigenvalue weighted by molar-refractivity contribution is 5.91. The maximum absolute atomic E-state index is 12.9. The average Bonchev–Trinajstić information content (AvgIpc) is 2.85. The molecule has 1 heterocycles. The Kier molecular flexibility index (Phi) is 5.35. The molecule has 0 unspecified atom stereocenters. The van der Waals surface area contributed by atoms with Crippen LogP contribution in [0.3, 0.4) is 0 Å². The second-order valence-electron chi connectivity index (χ2n) is 6.36. The van der Waals surface area contributed by atoms with Crippen molar-refractivity contribution < 1.29 is 14.5 Å². The molecular weight excluding hydrogens is 348 g/mol. The minimum Gasteiger partial charge on any atom is -0.354 e. The van der Waals surface area contributed by atoms with Crippen molar-refractivity contribution in [1.29, 1.82) is 0 Å². The van der Waals surface area contributed by atoms with Crippen molar-refractivity contribution in [3.63, 3.8) is 0 Å². The first-order valence-corrected chi connectivity index (χ1v) is 8.60. The number of nitro benzene ring substituents is 1. The molecule has 1 saturated heterocycles. The second-order valence-corrected chi connectivity index (χ2v) is 6.36. The Morgan fingerprint density at radius 3 is 2.70 bits per heavy atom. The molecule has 1 fully saturated rings. The van der Waals surface area contributed by atoms with E-state index in [0.717, 1.165) is 5.56 Å². The maximum Gasteiger partial charge on any atom is 0.322 e. The van der Waals surface area contributed by atoms with E-state index < -0.39 is 17.0 Å². The third-order valence-electron chi connectivity index (χ3n) is 4.55. The van der Waals surface area contributed by atoms with Crippen LogP contribution < -0.4 is 10.6 Å². The zero-order valence-corrected chi connectivity index (χ0v) is 14.8. The Morgan fingerprint density at radius 2 is 2.00 bits per heavy atom. The van der Waals surface area contributed by atoms with Gasteiger partial charge in [-0.05, 0) is 18.1 Å². The lowest BCUT2D eigenvalue weighted by atomic mass is 10.0. The molecule has 0 aliphatic carbocycles. The van der Waals surface area contributed by atoms with Gasteiger partial charge in [-0.2, -0.15) is 0 Å². The molecular formula is C19H20N4O4. The van der Waals surface area contributed by atoms with Gasteiger partial charge in [0.25, 0.3) is 5.69 Å². The highest BCUT2D eigenvalue weighted by Crippen LogP contribution is 2.28. The van der Waals surface area contributed by atoms with Crippen molar-refractivity contribution in [2.24, 2.45) is 0 Å². The summed E-state index contributed by atoms with van der Waals surface area (Å²) >= 11 is 0. The number of hydrogen-bond donors (Lipinski definition) is 2. The number of carbonyl (C=O) groups excluding carboxylic acids is 2. The first-order valence-electron chi connectivity index (χ1n) is 8.60. The summed E-state index contributed by atoms with van der Waals surface area (Å²) in [6, 6.07) is 12.9. The number of nitrogens with one attached hydrogen (secondary N) is 2. The lowest BCUT2D eigenvalue weighted by Crippen LogP contribution is -2.39. The van der Waals surface area contributed by atoms with E-state index in [-0.39, 0.29) is 18.0 Å². The highest BCUT2D eigenvalue weighted by atomic mass is 16.6. The van der Waals surface area contributed by atoms with Crippen LogP contribution >= 0.6 is 0 Å². The van der Waals surface area contributed by atoms with E-state index in [9.17, 15) is 19.7 Å². The first kappa shape index (κ1) is 18.4. The van der Waals surface area contributed by atoms with Crippen molar-refractivity contribution in [1.82, 2.24) is 10.2 Å². The van der Waals surface area contributed by atoms with E-state index in [0.29, 0.717) is 24.3 Å². The Morgan fingerprint density at radius 1 is 1.26 bits per heavy atom. The molecule has 0 spiro atoms. The molecule has 8 heteroatoms. The van der Waals surface area contributed by atoms with Crippen LogP contribution in [0, 0.1) is 17.0 Å². The summed E-state index contributed by atoms with van der Waals surface area (Å²) in [7, 11) is 0. The molecule has 0 bridgehead atoms. The van der Waals surface area contributed by atoms with Crippen molar-refractivity contribution in [2.75, 3.05) is 18.4 Å². The van der Waals surface area contributed by atoms with Gasteiger partial charge in [0.1, 0.15) is 0 Å². The SMILES string of the molecule is Cc1ccc([N+](=O)[O-])cc1NC(=O)N1CCNC(=O)C[C@H]1c1ccccc1. The van der Waals surface area contributed by atoms with E-state index in [1.165, 1.54) is 12.1 Å². The molecule has 3 rings (SSSR count). The average molecular weight is 368 g/mol. The lowest BCUT2D eigenvalue weighted by molar-refractivity contribution is -0.384. The van der Waals surface area contributed by atoms with Crippen LogP contribution in [0.25, 0.3) is 0 Å². The number of non-ortho nitro benzene ring substituents is 1. The molecule has 27 heavy (non-hydrogen) atoms. The number of nitrogens with zero attached hydrogens (tertiary/aromatic N) is 2. The monoisotopic (exact) mass is 368 g/mol. The molecule has 2 aromatic carbocycles. The fourth-order valence-electron chi connectivity index (χ4n) is 3.09. The van der Waals surface area contributed by atoms with Crippen molar-refractivity contribution in [2.45, 2.75) is 19.4 Å². The van der Waals surface area contributed by atoms with Gasteiger partial charge < -0.3 is 15.5 Å². The zero-order chi connectivity index (χ0) is 19.4. The molecule has 1 aliphatic rings. The predicted molar refractivity (Wildman–Crippen MR) is 100 cm³/mol. The molecule has 2 aromatic rings. The van der Waals surface area contributed by atoms with Gasteiger partial charge in [-0.25, -0.2) is 4.79 Å². The van der Waals surface area contributed by atoms with Gasteiger partial charge in [-0.1, -0.05) is 36.4 Å². The molecule has 1 atom stereocenters. The minimum atomic E-state index is -0.504. The highest BCUT2D eigenvalue weighted by Gasteiger charge is 2.30. The fraction of sp³-hybridized carbons (Fsp3) is 0.263. The number of anilines is 1. The number of nitro groups is 1. The van der Waals surface area contributed by atoms with Crippen LogP contribution in [-0.2, 0) is 4.79 Å². The van der Waals surface area contributed by atoms with Crippen molar-refractivity contribution in [3.8, 4) is 0 Å². The van der Waals surface area contributed by atoms with E-state index in [1.54, 1.807) is 17.9 Å². The van der Waals surface area contributed by atoms with Gasteiger partial charge in [0.05, 0.1) is 23.1 Å². The standard InChI is InChI=1S/C19H20N4O4/c1-13-7-8-15(23(26)27)11-16(13)21-19(25)22-10-9-20-18(24)12-17(22)14-5-3-2-4-6-14/h2-8,11,17H,9-10,12H2,1H3,(H,20,24)(H,21,25)/t17-/m0/s1. The van der Waals surface area contributed by atoms with E-state index >= 15 is 0 Å². The van der Waals surface area contributed by atoms with Gasteiger partial charge >= 0.3 is 6.03 Å². The number of carbonyl (C=O) groups is 2. The first-order chi connectivity index (χ1) is 13.0. The Bertz CT molecular complexity index is 869. The smallest absolute Gasteiger partial charge is 0.322 e. The van der Waals surface area contributed by atoms with E-state index in [4.69, 9.17) is 0 Å². The molecule has 140 valence electrons. The second kappa shape index (κ2) is 7.86.